The van der Waals surface area contributed by atoms with Crippen molar-refractivity contribution in [3.8, 4) is 16.2 Å². The quantitative estimate of drug-likeness (QED) is 0.0465. The van der Waals surface area contributed by atoms with Crippen molar-refractivity contribution in [2.45, 2.75) is 135 Å². The molecular weight excluding hydrogens is 1350 g/mol. The molecule has 0 spiro atoms. The van der Waals surface area contributed by atoms with Crippen molar-refractivity contribution < 1.29 is 24.2 Å². The number of benzene rings is 10. The predicted octanol–water partition coefficient (Wildman–Crippen LogP) is 25.1. The number of rotatable bonds is 17. The van der Waals surface area contributed by atoms with Gasteiger partial charge in [-0.05, 0) is 222 Å². The van der Waals surface area contributed by atoms with Crippen molar-refractivity contribution in [2.24, 2.45) is 0 Å². The molecule has 4 N–H and O–H groups in total. The Labute approximate surface area is 635 Å². The van der Waals surface area contributed by atoms with Crippen LogP contribution in [0.1, 0.15) is 134 Å². The Morgan fingerprint density at radius 2 is 0.843 bits per heavy atom. The van der Waals surface area contributed by atoms with Crippen molar-refractivity contribution in [3.05, 3.63) is 254 Å². The number of hydrogen-bond donors (Lipinski definition) is 3. The summed E-state index contributed by atoms with van der Waals surface area (Å²) in [6.07, 6.45) is 6.19. The van der Waals surface area contributed by atoms with Crippen LogP contribution in [0.4, 0.5) is 11.4 Å². The van der Waals surface area contributed by atoms with Gasteiger partial charge in [0.1, 0.15) is 5.75 Å². The van der Waals surface area contributed by atoms with E-state index in [0.29, 0.717) is 11.3 Å². The topological polar surface area (TPSA) is 156 Å². The van der Waals surface area contributed by atoms with Gasteiger partial charge in [0.2, 0.25) is 5.91 Å². The molecule has 14 heteroatoms. The maximum absolute atomic E-state index is 11.6. The minimum atomic E-state index is -0.887. The number of thiazole rings is 1. The van der Waals surface area contributed by atoms with E-state index in [2.05, 4.69) is 234 Å². The third-order valence-corrected chi connectivity index (χ3v) is 20.7. The Kier molecular flexibility index (Phi) is 23.0. The summed E-state index contributed by atoms with van der Waals surface area (Å²) in [7, 11) is 0. The molecule has 108 heavy (non-hydrogen) atoms. The molecule has 1 amide bonds. The normalized spacial score (nSPS) is 11.2. The van der Waals surface area contributed by atoms with Gasteiger partial charge in [0.05, 0.1) is 16.0 Å². The van der Waals surface area contributed by atoms with Gasteiger partial charge in [0.15, 0.2) is 0 Å². The standard InChI is InChI=1S/C20H22N2O.C20H21NO2.C19H19NO2.C18H20N2.C17H14N2S/c1-5-10-22-19-8-6-15(13(2)3)11-17(19)18-12-16(21-14(4)23)7-9-20(18)22;1-5-10-21-19-8-6-15(13(2)3)11-17(19)18-12-16(23-14(4)22)7-9-20(18)21;1-4-10-20-16-9-8-13(12(2)3)11-15(16)18-14(19(21)22)6-5-7-17(18)20;1-4-9-20-17-7-5-13(12(2)3)10-15(17)16-11-14(19)6-8-18(16)20;1-2-19-15-6-4-3-5-13(15)14-9-12(7-8-16(14)19)17-10-18-11-20-17/h6-9,11-12H,2,5,10H2,1,3-4H3,(H,21,23);6-9,11-12H,2,5,10H2,1,3-4H3;5-9,11H,2,4,10H2,1,3H3,(H,21,22);5-8,10-11H,2,4,9,19H2,1,3H3;3-11H,2H2,1H3. The number of anilines is 2. The van der Waals surface area contributed by atoms with Gasteiger partial charge in [0.25, 0.3) is 0 Å². The van der Waals surface area contributed by atoms with Gasteiger partial charge in [-0.25, -0.2) is 4.79 Å². The van der Waals surface area contributed by atoms with Gasteiger partial charge in [-0.15, -0.1) is 11.3 Å². The summed E-state index contributed by atoms with van der Waals surface area (Å²) in [5.41, 5.74) is 31.8. The molecule has 0 unspecified atom stereocenters. The number of carbonyl (C=O) groups excluding carboxylic acids is 2. The van der Waals surface area contributed by atoms with E-state index < -0.39 is 5.97 Å². The number of nitrogens with one attached hydrogen (secondary N) is 1. The molecule has 6 heterocycles. The number of nitrogen functional groups attached to an aromatic ring is 1. The molecule has 10 aromatic carbocycles. The van der Waals surface area contributed by atoms with E-state index in [1.807, 2.05) is 81.9 Å². The zero-order valence-electron chi connectivity index (χ0n) is 64.0. The summed E-state index contributed by atoms with van der Waals surface area (Å²) < 4.78 is 16.9. The number of nitrogens with zero attached hydrogens (tertiary/aromatic N) is 6. The molecule has 16 rings (SSSR count). The first kappa shape index (κ1) is 75.7. The SMILES string of the molecule is C=C(C)c1ccc2c(c1)c1c(C(=O)O)cccc1n2CCC.C=C(C)c1ccc2c(c1)c1cc(N)ccc1n2CCC.C=C(C)c1ccc2c(c1)c1cc(NC(C)=O)ccc1n2CCC.C=C(C)c1ccc2c(c1)c1cc(OC(C)=O)ccc1n2CCC.CCn1c2ccccc2c2cc(-c3cncs3)ccc21. The number of esters is 1. The summed E-state index contributed by atoms with van der Waals surface area (Å²) in [5.74, 6) is -0.656. The first-order valence-corrected chi connectivity index (χ1v) is 38.2. The van der Waals surface area contributed by atoms with E-state index in [9.17, 15) is 19.5 Å². The molecule has 0 saturated heterocycles. The van der Waals surface area contributed by atoms with E-state index in [1.54, 1.807) is 17.4 Å². The number of aromatic carboxylic acids is 1. The molecule has 0 fully saturated rings. The molecule has 0 radical (unpaired) electrons. The lowest BCUT2D eigenvalue weighted by Crippen LogP contribution is -2.05. The van der Waals surface area contributed by atoms with E-state index in [1.165, 1.54) is 106 Å². The van der Waals surface area contributed by atoms with Gasteiger partial charge in [-0.1, -0.05) is 131 Å². The van der Waals surface area contributed by atoms with Crippen LogP contribution in [0, 0.1) is 0 Å². The van der Waals surface area contributed by atoms with Crippen LogP contribution >= 0.6 is 11.3 Å². The second-order valence-electron chi connectivity index (χ2n) is 28.0. The average molecular weight is 1450 g/mol. The number of hydrogen-bond acceptors (Lipinski definition) is 7. The summed E-state index contributed by atoms with van der Waals surface area (Å²) >= 11 is 1.68. The molecule has 0 aliphatic rings. The van der Waals surface area contributed by atoms with Gasteiger partial charge in [-0.2, -0.15) is 0 Å². The van der Waals surface area contributed by atoms with Crippen LogP contribution < -0.4 is 15.8 Å². The number of ether oxygens (including phenoxy) is 1. The molecule has 0 atom stereocenters. The molecule has 0 aliphatic heterocycles. The Morgan fingerprint density at radius 1 is 0.435 bits per heavy atom. The number of carboxylic acid groups (broad SMARTS) is 1. The van der Waals surface area contributed by atoms with Crippen LogP contribution in [0.15, 0.2) is 226 Å². The molecule has 13 nitrogen and oxygen atoms in total. The Hall–Kier alpha value is -12.0. The molecule has 6 aromatic heterocycles. The zero-order valence-corrected chi connectivity index (χ0v) is 64.8. The lowest BCUT2D eigenvalue weighted by molar-refractivity contribution is -0.131. The first-order chi connectivity index (χ1) is 52.1. The molecule has 548 valence electrons. The fourth-order valence-electron chi connectivity index (χ4n) is 15.0. The van der Waals surface area contributed by atoms with Crippen LogP contribution in [0.3, 0.4) is 0 Å². The third kappa shape index (κ3) is 15.4. The summed E-state index contributed by atoms with van der Waals surface area (Å²) in [6.45, 7) is 42.8. The van der Waals surface area contributed by atoms with Crippen LogP contribution in [-0.4, -0.2) is 50.8 Å². The highest BCUT2D eigenvalue weighted by Gasteiger charge is 2.20. The largest absolute Gasteiger partial charge is 0.478 e. The third-order valence-electron chi connectivity index (χ3n) is 19.9. The smallest absolute Gasteiger partial charge is 0.336 e. The minimum absolute atomic E-state index is 0.0516. The van der Waals surface area contributed by atoms with Crippen molar-refractivity contribution in [2.75, 3.05) is 11.1 Å². The number of fused-ring (bicyclic) bond motifs is 15. The van der Waals surface area contributed by atoms with E-state index in [0.717, 1.165) is 141 Å². The van der Waals surface area contributed by atoms with Crippen molar-refractivity contribution in [3.63, 3.8) is 0 Å². The predicted molar refractivity (Wildman–Crippen MR) is 461 cm³/mol. The van der Waals surface area contributed by atoms with Gasteiger partial charge in [-0.3, -0.25) is 14.6 Å². The minimum Gasteiger partial charge on any atom is -0.478 e. The number of aromatic nitrogens is 6. The highest BCUT2D eigenvalue weighted by molar-refractivity contribution is 7.13. The highest BCUT2D eigenvalue weighted by Crippen LogP contribution is 2.40. The monoisotopic (exact) mass is 1450 g/mol. The Bertz CT molecular complexity index is 6030. The van der Waals surface area contributed by atoms with Crippen molar-refractivity contribution >= 4 is 172 Å². The molecular formula is C94H96N8O5S. The fraction of sp³-hybridized carbons (Fsp3) is 0.213. The van der Waals surface area contributed by atoms with Gasteiger partial charge >= 0.3 is 11.9 Å². The summed E-state index contributed by atoms with van der Waals surface area (Å²) in [6, 6.07) is 64.7. The van der Waals surface area contributed by atoms with Crippen molar-refractivity contribution in [1.82, 2.24) is 27.8 Å². The second-order valence-corrected chi connectivity index (χ2v) is 28.9. The van der Waals surface area contributed by atoms with Crippen LogP contribution in [0.25, 0.3) is 142 Å². The highest BCUT2D eigenvalue weighted by atomic mass is 32.1. The van der Waals surface area contributed by atoms with E-state index >= 15 is 0 Å². The molecule has 16 aromatic rings. The van der Waals surface area contributed by atoms with E-state index in [-0.39, 0.29) is 11.9 Å². The Morgan fingerprint density at radius 3 is 1.31 bits per heavy atom. The summed E-state index contributed by atoms with van der Waals surface area (Å²) in [4.78, 5) is 39.6. The molecule has 0 saturated carbocycles. The maximum Gasteiger partial charge on any atom is 0.336 e. The van der Waals surface area contributed by atoms with E-state index in [4.69, 9.17) is 10.5 Å². The number of carbonyl (C=O) groups is 3. The molecule has 0 bridgehead atoms. The number of nitrogens with two attached hydrogens (primary N) is 1. The summed E-state index contributed by atoms with van der Waals surface area (Å²) in [5, 5.41) is 24.0. The lowest BCUT2D eigenvalue weighted by atomic mass is 10.0. The zero-order chi connectivity index (χ0) is 76.8. The van der Waals surface area contributed by atoms with Crippen LogP contribution in [-0.2, 0) is 42.3 Å². The number of para-hydroxylation sites is 1. The fourth-order valence-corrected chi connectivity index (χ4v) is 15.6. The number of amides is 1. The Balaban J connectivity index is 0.000000126. The second kappa shape index (κ2) is 32.8. The number of carboxylic acids is 1. The van der Waals surface area contributed by atoms with Crippen molar-refractivity contribution in [1.29, 1.82) is 0 Å². The lowest BCUT2D eigenvalue weighted by Gasteiger charge is -2.06. The average Bonchev–Trinajstić information content (AvgIpc) is 1.63. The maximum atomic E-state index is 11.6. The van der Waals surface area contributed by atoms with Crippen LogP contribution in [0.5, 0.6) is 5.75 Å². The van der Waals surface area contributed by atoms with Gasteiger partial charge in [0, 0.05) is 173 Å². The first-order valence-electron chi connectivity index (χ1n) is 37.3. The molecule has 0 aliphatic carbocycles. The number of allylic oxidation sites excluding steroid dienone is 4. The van der Waals surface area contributed by atoms with Gasteiger partial charge < -0.3 is 43.7 Å². The number of aryl methyl sites for hydroxylation is 5. The van der Waals surface area contributed by atoms with Crippen LogP contribution in [0.2, 0.25) is 0 Å².